The van der Waals surface area contributed by atoms with Crippen LogP contribution in [0.3, 0.4) is 0 Å². The molecule has 1 fully saturated rings. The van der Waals surface area contributed by atoms with E-state index < -0.39 is 0 Å². The number of hydrogen-bond acceptors (Lipinski definition) is 5. The maximum absolute atomic E-state index is 12.5. The predicted octanol–water partition coefficient (Wildman–Crippen LogP) is 4.34. The van der Waals surface area contributed by atoms with Crippen LogP contribution in [0.25, 0.3) is 0 Å². The van der Waals surface area contributed by atoms with E-state index in [1.165, 1.54) is 0 Å². The Morgan fingerprint density at radius 3 is 2.88 bits per heavy atom. The molecule has 5 nitrogen and oxygen atoms in total. The Morgan fingerprint density at radius 2 is 2.15 bits per heavy atom. The van der Waals surface area contributed by atoms with Crippen molar-refractivity contribution >= 4 is 28.2 Å². The third kappa shape index (κ3) is 4.12. The number of nitrogens with zero attached hydrogens (tertiary/aromatic N) is 3. The molecule has 0 radical (unpaired) electrons. The molecule has 2 aliphatic rings. The number of aromatic nitrogens is 2. The van der Waals surface area contributed by atoms with E-state index in [9.17, 15) is 4.79 Å². The van der Waals surface area contributed by atoms with Gasteiger partial charge in [-0.25, -0.2) is 9.97 Å². The molecule has 1 saturated heterocycles. The van der Waals surface area contributed by atoms with Gasteiger partial charge >= 0.3 is 0 Å². The number of nitrogens with one attached hydrogen (secondary N) is 1. The largest absolute Gasteiger partial charge is 0.343 e. The lowest BCUT2D eigenvalue weighted by Crippen LogP contribution is -2.38. The summed E-state index contributed by atoms with van der Waals surface area (Å²) in [6, 6.07) is 6.11. The first-order chi connectivity index (χ1) is 12.8. The Balaban J connectivity index is 1.32. The Bertz CT molecular complexity index is 766. The first-order valence-electron chi connectivity index (χ1n) is 9.36. The molecule has 1 atom stereocenters. The van der Waals surface area contributed by atoms with Crippen molar-refractivity contribution in [2.45, 2.75) is 38.0 Å². The zero-order valence-corrected chi connectivity index (χ0v) is 15.6. The molecule has 136 valence electrons. The highest BCUT2D eigenvalue weighted by molar-refractivity contribution is 7.13. The van der Waals surface area contributed by atoms with Gasteiger partial charge in [-0.2, -0.15) is 0 Å². The monoisotopic (exact) mass is 368 g/mol. The molecule has 6 heteroatoms. The number of pyridine rings is 1. The van der Waals surface area contributed by atoms with Crippen molar-refractivity contribution in [3.63, 3.8) is 0 Å². The van der Waals surface area contributed by atoms with Crippen molar-refractivity contribution in [1.29, 1.82) is 0 Å². The van der Waals surface area contributed by atoms with Crippen LogP contribution in [0.2, 0.25) is 0 Å². The fourth-order valence-corrected chi connectivity index (χ4v) is 4.32. The number of thiazole rings is 1. The number of hydrogen-bond donors (Lipinski definition) is 1. The van der Waals surface area contributed by atoms with Gasteiger partial charge in [-0.3, -0.25) is 4.79 Å². The number of likely N-dealkylation sites (tertiary alicyclic amines) is 1. The van der Waals surface area contributed by atoms with Crippen molar-refractivity contribution in [3.8, 4) is 0 Å². The molecular formula is C20H24N4OS. The summed E-state index contributed by atoms with van der Waals surface area (Å²) in [5, 5.41) is 6.06. The number of allylic oxidation sites excluding steroid dienone is 2. The van der Waals surface area contributed by atoms with Crippen LogP contribution in [0.5, 0.6) is 0 Å². The van der Waals surface area contributed by atoms with E-state index in [4.69, 9.17) is 4.98 Å². The second-order valence-corrected chi connectivity index (χ2v) is 7.93. The minimum atomic E-state index is 0.312. The number of carbonyl (C=O) groups excluding carboxylic acids is 1. The van der Waals surface area contributed by atoms with Gasteiger partial charge in [0.1, 0.15) is 5.82 Å². The first-order valence-corrected chi connectivity index (χ1v) is 10.2. The Kier molecular flexibility index (Phi) is 5.29. The van der Waals surface area contributed by atoms with Crippen LogP contribution in [0, 0.1) is 5.92 Å². The SMILES string of the molecule is O=C(CC1C=CCC1)N1CCC(c2cccc(Nc3nccs3)n2)CC1. The van der Waals surface area contributed by atoms with Crippen molar-refractivity contribution in [3.05, 3.63) is 47.6 Å². The Morgan fingerprint density at radius 1 is 1.27 bits per heavy atom. The van der Waals surface area contributed by atoms with Gasteiger partial charge in [0.25, 0.3) is 0 Å². The molecule has 1 unspecified atom stereocenters. The summed E-state index contributed by atoms with van der Waals surface area (Å²) in [5.41, 5.74) is 1.11. The minimum absolute atomic E-state index is 0.312. The second-order valence-electron chi connectivity index (χ2n) is 7.03. The fourth-order valence-electron chi connectivity index (χ4n) is 3.79. The molecule has 1 N–H and O–H groups in total. The zero-order valence-electron chi connectivity index (χ0n) is 14.8. The topological polar surface area (TPSA) is 58.1 Å². The minimum Gasteiger partial charge on any atom is -0.343 e. The van der Waals surface area contributed by atoms with Crippen molar-refractivity contribution in [2.24, 2.45) is 5.92 Å². The number of carbonyl (C=O) groups is 1. The molecule has 2 aromatic heterocycles. The number of anilines is 2. The third-order valence-corrected chi connectivity index (χ3v) is 5.94. The van der Waals surface area contributed by atoms with Crippen LogP contribution in [-0.4, -0.2) is 33.9 Å². The highest BCUT2D eigenvalue weighted by Crippen LogP contribution is 2.29. The summed E-state index contributed by atoms with van der Waals surface area (Å²) < 4.78 is 0. The van der Waals surface area contributed by atoms with Gasteiger partial charge in [0.05, 0.1) is 0 Å². The summed E-state index contributed by atoms with van der Waals surface area (Å²) >= 11 is 1.56. The van der Waals surface area contributed by atoms with Gasteiger partial charge in [0.15, 0.2) is 5.13 Å². The lowest BCUT2D eigenvalue weighted by atomic mass is 9.92. The highest BCUT2D eigenvalue weighted by Gasteiger charge is 2.26. The molecule has 0 spiro atoms. The van der Waals surface area contributed by atoms with Gasteiger partial charge in [0.2, 0.25) is 5.91 Å². The van der Waals surface area contributed by atoms with Crippen LogP contribution in [-0.2, 0) is 4.79 Å². The normalized spacial score (nSPS) is 20.5. The van der Waals surface area contributed by atoms with Crippen molar-refractivity contribution in [1.82, 2.24) is 14.9 Å². The van der Waals surface area contributed by atoms with Crippen LogP contribution in [0.15, 0.2) is 41.9 Å². The third-order valence-electron chi connectivity index (χ3n) is 5.25. The van der Waals surface area contributed by atoms with E-state index in [0.29, 0.717) is 24.2 Å². The van der Waals surface area contributed by atoms with E-state index in [-0.39, 0.29) is 0 Å². The van der Waals surface area contributed by atoms with Gasteiger partial charge in [-0.15, -0.1) is 11.3 Å². The standard InChI is InChI=1S/C20H24N4OS/c25-19(14-15-4-1-2-5-15)24-11-8-16(9-12-24)17-6-3-7-18(22-17)23-20-21-10-13-26-20/h1,3-4,6-7,10,13,15-16H,2,5,8-9,11-12,14H2,(H,21,22,23). The van der Waals surface area contributed by atoms with Gasteiger partial charge < -0.3 is 10.2 Å². The van der Waals surface area contributed by atoms with Gasteiger partial charge in [-0.05, 0) is 43.7 Å². The summed E-state index contributed by atoms with van der Waals surface area (Å²) in [7, 11) is 0. The van der Waals surface area contributed by atoms with Crippen LogP contribution < -0.4 is 5.32 Å². The molecule has 1 amide bonds. The van der Waals surface area contributed by atoms with Crippen LogP contribution >= 0.6 is 11.3 Å². The molecule has 2 aromatic rings. The van der Waals surface area contributed by atoms with Gasteiger partial charge in [0, 0.05) is 42.7 Å². The Hall–Kier alpha value is -2.21. The average molecular weight is 369 g/mol. The zero-order chi connectivity index (χ0) is 17.8. The fraction of sp³-hybridized carbons (Fsp3) is 0.450. The number of rotatable bonds is 5. The molecule has 0 aromatic carbocycles. The molecule has 1 aliphatic heterocycles. The van der Waals surface area contributed by atoms with Gasteiger partial charge in [-0.1, -0.05) is 18.2 Å². The van der Waals surface area contributed by atoms with E-state index >= 15 is 0 Å². The molecule has 1 aliphatic carbocycles. The van der Waals surface area contributed by atoms with Crippen LogP contribution in [0.1, 0.15) is 43.7 Å². The predicted molar refractivity (Wildman–Crippen MR) is 105 cm³/mol. The summed E-state index contributed by atoms with van der Waals surface area (Å²) in [4.78, 5) is 23.5. The number of piperidine rings is 1. The quantitative estimate of drug-likeness (QED) is 0.798. The smallest absolute Gasteiger partial charge is 0.223 e. The average Bonchev–Trinajstić information content (AvgIpc) is 3.36. The molecular weight excluding hydrogens is 344 g/mol. The summed E-state index contributed by atoms with van der Waals surface area (Å²) in [6.45, 7) is 1.68. The maximum Gasteiger partial charge on any atom is 0.223 e. The summed E-state index contributed by atoms with van der Waals surface area (Å²) in [5.74, 6) is 2.02. The maximum atomic E-state index is 12.5. The Labute approximate surface area is 158 Å². The highest BCUT2D eigenvalue weighted by atomic mass is 32.1. The van der Waals surface area contributed by atoms with Crippen molar-refractivity contribution < 1.29 is 4.79 Å². The molecule has 4 rings (SSSR count). The molecule has 0 bridgehead atoms. The summed E-state index contributed by atoms with van der Waals surface area (Å²) in [6.07, 6.45) is 11.1. The van der Waals surface area contributed by atoms with E-state index in [2.05, 4.69) is 28.5 Å². The first kappa shape index (κ1) is 17.2. The van der Waals surface area contributed by atoms with E-state index in [0.717, 1.165) is 55.4 Å². The molecule has 3 heterocycles. The van der Waals surface area contributed by atoms with Crippen LogP contribution in [0.4, 0.5) is 10.9 Å². The lowest BCUT2D eigenvalue weighted by molar-refractivity contribution is -0.132. The second kappa shape index (κ2) is 7.99. The van der Waals surface area contributed by atoms with E-state index in [1.54, 1.807) is 17.5 Å². The van der Waals surface area contributed by atoms with Crippen molar-refractivity contribution in [2.75, 3.05) is 18.4 Å². The molecule has 0 saturated carbocycles. The number of amides is 1. The lowest BCUT2D eigenvalue weighted by Gasteiger charge is -2.32. The van der Waals surface area contributed by atoms with E-state index in [1.807, 2.05) is 22.4 Å². The molecule has 26 heavy (non-hydrogen) atoms.